The fourth-order valence-electron chi connectivity index (χ4n) is 3.71. The zero-order chi connectivity index (χ0) is 23.2. The molecule has 0 spiro atoms. The largest absolute Gasteiger partial charge is 0.460 e. The van der Waals surface area contributed by atoms with Gasteiger partial charge in [-0.3, -0.25) is 4.79 Å². The highest BCUT2D eigenvalue weighted by Crippen LogP contribution is 2.24. The number of fused-ring (bicyclic) bond motifs is 2. The maximum Gasteiger partial charge on any atom is 0.374 e. The minimum Gasteiger partial charge on any atom is -0.460 e. The molecule has 2 aromatic heterocycles. The zero-order valence-electron chi connectivity index (χ0n) is 18.4. The van der Waals surface area contributed by atoms with Gasteiger partial charge in [-0.2, -0.15) is 0 Å². The van der Waals surface area contributed by atoms with Crippen LogP contribution < -0.4 is 10.6 Å². The van der Waals surface area contributed by atoms with Crippen molar-refractivity contribution in [2.75, 3.05) is 25.0 Å². The molecule has 2 heterocycles. The second-order valence-corrected chi connectivity index (χ2v) is 7.63. The third-order valence-electron chi connectivity index (χ3n) is 5.30. The van der Waals surface area contributed by atoms with Crippen molar-refractivity contribution in [2.24, 2.45) is 0 Å². The molecule has 1 amide bonds. The molecular formula is C26H25N3O4. The first-order valence-corrected chi connectivity index (χ1v) is 10.9. The van der Waals surface area contributed by atoms with E-state index in [2.05, 4.69) is 21.5 Å². The molecule has 0 radical (unpaired) electrons. The van der Waals surface area contributed by atoms with Gasteiger partial charge >= 0.3 is 5.97 Å². The molecule has 0 fully saturated rings. The number of anilines is 1. The average Bonchev–Trinajstić information content (AvgIpc) is 3.42. The van der Waals surface area contributed by atoms with E-state index in [1.807, 2.05) is 24.4 Å². The highest BCUT2D eigenvalue weighted by atomic mass is 16.5. The summed E-state index contributed by atoms with van der Waals surface area (Å²) in [4.78, 5) is 27.4. The van der Waals surface area contributed by atoms with Gasteiger partial charge in [-0.05, 0) is 74.3 Å². The molecule has 0 saturated heterocycles. The Kier molecular flexibility index (Phi) is 6.77. The minimum atomic E-state index is -0.507. The molecule has 3 N–H and O–H groups in total. The summed E-state index contributed by atoms with van der Waals surface area (Å²) in [6, 6.07) is 12.8. The summed E-state index contributed by atoms with van der Waals surface area (Å²) in [6.45, 7) is 2.92. The molecule has 0 aliphatic carbocycles. The van der Waals surface area contributed by atoms with Gasteiger partial charge < -0.3 is 24.8 Å². The van der Waals surface area contributed by atoms with Crippen LogP contribution in [0.25, 0.3) is 21.9 Å². The van der Waals surface area contributed by atoms with Gasteiger partial charge in [-0.25, -0.2) is 4.79 Å². The van der Waals surface area contributed by atoms with Gasteiger partial charge in [0.1, 0.15) is 5.58 Å². The Morgan fingerprint density at radius 1 is 1.18 bits per heavy atom. The summed E-state index contributed by atoms with van der Waals surface area (Å²) < 4.78 is 10.4. The fraction of sp³-hybridized carbons (Fsp3) is 0.231. The van der Waals surface area contributed by atoms with Crippen molar-refractivity contribution in [1.29, 1.82) is 0 Å². The molecule has 0 aliphatic rings. The molecule has 168 valence electrons. The molecular weight excluding hydrogens is 418 g/mol. The quantitative estimate of drug-likeness (QED) is 0.204. The first-order chi connectivity index (χ1) is 16.1. The standard InChI is InChI=1S/C26H25N3O4/c1-3-17-7-9-22-21(12-17)18(15-28-22)6-5-11-27-16-25(30)29-20-8-10-23-19(13-20)14-24(33-23)26(31)32-4-2/h1,7-10,12-15,27-28H,4-6,11,16H2,2H3,(H,29,30). The highest BCUT2D eigenvalue weighted by Gasteiger charge is 2.14. The lowest BCUT2D eigenvalue weighted by molar-refractivity contribution is -0.115. The summed E-state index contributed by atoms with van der Waals surface area (Å²) in [5, 5.41) is 7.89. The topological polar surface area (TPSA) is 96.4 Å². The number of amides is 1. The highest BCUT2D eigenvalue weighted by molar-refractivity contribution is 5.97. The van der Waals surface area contributed by atoms with Crippen LogP contribution in [-0.4, -0.2) is 36.6 Å². The Morgan fingerprint density at radius 3 is 2.88 bits per heavy atom. The number of aryl methyl sites for hydroxylation is 1. The number of nitrogens with one attached hydrogen (secondary N) is 3. The van der Waals surface area contributed by atoms with E-state index in [1.165, 1.54) is 5.56 Å². The zero-order valence-corrected chi connectivity index (χ0v) is 18.4. The van der Waals surface area contributed by atoms with E-state index < -0.39 is 5.97 Å². The third kappa shape index (κ3) is 5.25. The van der Waals surface area contributed by atoms with Crippen LogP contribution in [0.15, 0.2) is 53.1 Å². The van der Waals surface area contributed by atoms with Crippen molar-refractivity contribution in [3.8, 4) is 12.3 Å². The van der Waals surface area contributed by atoms with E-state index in [-0.39, 0.29) is 24.8 Å². The fourth-order valence-corrected chi connectivity index (χ4v) is 3.71. The van der Waals surface area contributed by atoms with E-state index in [9.17, 15) is 9.59 Å². The van der Waals surface area contributed by atoms with E-state index in [0.717, 1.165) is 34.7 Å². The Labute approximate surface area is 191 Å². The summed E-state index contributed by atoms with van der Waals surface area (Å²) in [6.07, 6.45) is 9.28. The van der Waals surface area contributed by atoms with Crippen molar-refractivity contribution in [3.63, 3.8) is 0 Å². The van der Waals surface area contributed by atoms with E-state index in [0.29, 0.717) is 17.8 Å². The average molecular weight is 444 g/mol. The van der Waals surface area contributed by atoms with E-state index >= 15 is 0 Å². The normalized spacial score (nSPS) is 10.9. The lowest BCUT2D eigenvalue weighted by Gasteiger charge is -2.07. The van der Waals surface area contributed by atoms with Crippen LogP contribution in [0.3, 0.4) is 0 Å². The predicted molar refractivity (Wildman–Crippen MR) is 128 cm³/mol. The van der Waals surface area contributed by atoms with E-state index in [1.54, 1.807) is 31.2 Å². The maximum absolute atomic E-state index is 12.3. The third-order valence-corrected chi connectivity index (χ3v) is 5.30. The Balaban J connectivity index is 1.25. The molecule has 4 rings (SSSR count). The summed E-state index contributed by atoms with van der Waals surface area (Å²) in [5.74, 6) is 2.16. The van der Waals surface area contributed by atoms with Crippen molar-refractivity contribution in [1.82, 2.24) is 10.3 Å². The number of terminal acetylenes is 1. The summed E-state index contributed by atoms with van der Waals surface area (Å²) >= 11 is 0. The van der Waals surface area contributed by atoms with E-state index in [4.69, 9.17) is 15.6 Å². The number of furan rings is 1. The number of aromatic amines is 1. The van der Waals surface area contributed by atoms with Crippen LogP contribution in [0.1, 0.15) is 35.0 Å². The monoisotopic (exact) mass is 443 g/mol. The van der Waals surface area contributed by atoms with Crippen molar-refractivity contribution >= 4 is 39.4 Å². The second-order valence-electron chi connectivity index (χ2n) is 7.63. The van der Waals surface area contributed by atoms with Crippen molar-refractivity contribution in [2.45, 2.75) is 19.8 Å². The number of benzene rings is 2. The second kappa shape index (κ2) is 10.1. The van der Waals surface area contributed by atoms with Crippen LogP contribution in [-0.2, 0) is 16.0 Å². The Morgan fingerprint density at radius 2 is 2.06 bits per heavy atom. The number of H-pyrrole nitrogens is 1. The number of carbonyl (C=O) groups is 2. The van der Waals surface area contributed by atoms with Crippen LogP contribution in [0.4, 0.5) is 5.69 Å². The van der Waals surface area contributed by atoms with Gasteiger partial charge in [0.2, 0.25) is 11.7 Å². The first kappa shape index (κ1) is 22.2. The lowest BCUT2D eigenvalue weighted by atomic mass is 10.1. The minimum absolute atomic E-state index is 0.141. The molecule has 7 nitrogen and oxygen atoms in total. The van der Waals surface area contributed by atoms with Crippen LogP contribution in [0.2, 0.25) is 0 Å². The van der Waals surface area contributed by atoms with Gasteiger partial charge in [0.15, 0.2) is 0 Å². The number of rotatable bonds is 9. The van der Waals surface area contributed by atoms with Gasteiger partial charge in [0.25, 0.3) is 0 Å². The Hall–Kier alpha value is -4.02. The summed E-state index contributed by atoms with van der Waals surface area (Å²) in [7, 11) is 0. The Bertz CT molecular complexity index is 1340. The molecule has 7 heteroatoms. The van der Waals surface area contributed by atoms with Gasteiger partial charge in [-0.15, -0.1) is 6.42 Å². The maximum atomic E-state index is 12.3. The SMILES string of the molecule is C#Cc1ccc2[nH]cc(CCCNCC(=O)Nc3ccc4oc(C(=O)OCC)cc4c3)c2c1. The molecule has 4 aromatic rings. The molecule has 0 atom stereocenters. The molecule has 0 aliphatic heterocycles. The van der Waals surface area contributed by atoms with Gasteiger partial charge in [0.05, 0.1) is 13.2 Å². The molecule has 0 saturated carbocycles. The predicted octanol–water partition coefficient (Wildman–Crippen LogP) is 4.23. The number of aromatic nitrogens is 1. The molecule has 0 unspecified atom stereocenters. The van der Waals surface area contributed by atoms with Crippen LogP contribution in [0, 0.1) is 12.3 Å². The number of hydrogen-bond donors (Lipinski definition) is 3. The van der Waals surface area contributed by atoms with Gasteiger partial charge in [-0.1, -0.05) is 5.92 Å². The van der Waals surface area contributed by atoms with Crippen molar-refractivity contribution in [3.05, 3.63) is 65.5 Å². The number of ether oxygens (including phenoxy) is 1. The molecule has 33 heavy (non-hydrogen) atoms. The van der Waals surface area contributed by atoms with Crippen molar-refractivity contribution < 1.29 is 18.7 Å². The number of carbonyl (C=O) groups excluding carboxylic acids is 2. The lowest BCUT2D eigenvalue weighted by Crippen LogP contribution is -2.28. The van der Waals surface area contributed by atoms with Gasteiger partial charge in [0, 0.05) is 33.7 Å². The first-order valence-electron chi connectivity index (χ1n) is 10.9. The number of hydrogen-bond acceptors (Lipinski definition) is 5. The summed E-state index contributed by atoms with van der Waals surface area (Å²) in [5.41, 5.74) is 4.34. The van der Waals surface area contributed by atoms with Crippen LogP contribution >= 0.6 is 0 Å². The van der Waals surface area contributed by atoms with Crippen LogP contribution in [0.5, 0.6) is 0 Å². The molecule has 2 aromatic carbocycles. The number of esters is 1. The smallest absolute Gasteiger partial charge is 0.374 e. The molecule has 0 bridgehead atoms.